The molecule has 1 fully saturated rings. The zero-order chi connectivity index (χ0) is 22.7. The minimum atomic E-state index is -0.735. The maximum Gasteiger partial charge on any atom is 0.355 e. The van der Waals surface area contributed by atoms with Crippen LogP contribution in [0.15, 0.2) is 24.3 Å². The standard InChI is InChI=1S/C24H29FN2O4/c1-5-31-24(30)21-14(2)20(15(3)26-21)22(28)16(4)27(23(29)18-7-6-8-18)13-17-9-11-19(25)12-10-17/h9-12,16,18,26H,5-8,13H2,1-4H3/t16-/m0/s1. The van der Waals surface area contributed by atoms with Gasteiger partial charge in [0.05, 0.1) is 12.6 Å². The van der Waals surface area contributed by atoms with E-state index in [-0.39, 0.29) is 42.3 Å². The Hall–Kier alpha value is -2.96. The number of H-pyrrole nitrogens is 1. The summed E-state index contributed by atoms with van der Waals surface area (Å²) in [6, 6.07) is 5.21. The van der Waals surface area contributed by atoms with Crippen molar-refractivity contribution in [1.82, 2.24) is 9.88 Å². The number of hydrogen-bond acceptors (Lipinski definition) is 4. The van der Waals surface area contributed by atoms with E-state index in [1.165, 1.54) is 12.1 Å². The molecule has 0 aliphatic heterocycles. The number of ether oxygens (including phenoxy) is 1. The third kappa shape index (κ3) is 4.70. The maximum atomic E-state index is 13.5. The highest BCUT2D eigenvalue weighted by Crippen LogP contribution is 2.31. The first-order valence-corrected chi connectivity index (χ1v) is 10.7. The Kier molecular flexibility index (Phi) is 6.93. The van der Waals surface area contributed by atoms with Crippen LogP contribution >= 0.6 is 0 Å². The molecule has 1 saturated carbocycles. The fraction of sp³-hybridized carbons (Fsp3) is 0.458. The van der Waals surface area contributed by atoms with Crippen molar-refractivity contribution in [3.8, 4) is 0 Å². The lowest BCUT2D eigenvalue weighted by atomic mass is 9.83. The molecule has 1 atom stereocenters. The van der Waals surface area contributed by atoms with Gasteiger partial charge in [0.15, 0.2) is 5.78 Å². The van der Waals surface area contributed by atoms with Gasteiger partial charge in [-0.1, -0.05) is 18.6 Å². The van der Waals surface area contributed by atoms with Gasteiger partial charge in [-0.3, -0.25) is 9.59 Å². The van der Waals surface area contributed by atoms with Crippen molar-refractivity contribution < 1.29 is 23.5 Å². The number of aryl methyl sites for hydroxylation is 1. The summed E-state index contributed by atoms with van der Waals surface area (Å²) in [7, 11) is 0. The second kappa shape index (κ2) is 9.45. The summed E-state index contributed by atoms with van der Waals surface area (Å²) >= 11 is 0. The molecule has 1 heterocycles. The number of nitrogens with zero attached hydrogens (tertiary/aromatic N) is 1. The fourth-order valence-electron chi connectivity index (χ4n) is 3.96. The monoisotopic (exact) mass is 428 g/mol. The van der Waals surface area contributed by atoms with Crippen LogP contribution in [0.5, 0.6) is 0 Å². The average molecular weight is 429 g/mol. The Morgan fingerprint density at radius 1 is 1.19 bits per heavy atom. The van der Waals surface area contributed by atoms with Crippen LogP contribution < -0.4 is 0 Å². The molecule has 0 saturated heterocycles. The predicted molar refractivity (Wildman–Crippen MR) is 114 cm³/mol. The first-order valence-electron chi connectivity index (χ1n) is 10.7. The molecule has 0 bridgehead atoms. The van der Waals surface area contributed by atoms with Gasteiger partial charge in [-0.2, -0.15) is 0 Å². The molecule has 1 aromatic carbocycles. The van der Waals surface area contributed by atoms with E-state index in [0.29, 0.717) is 16.8 Å². The van der Waals surface area contributed by atoms with Gasteiger partial charge in [0, 0.05) is 23.7 Å². The van der Waals surface area contributed by atoms with Gasteiger partial charge in [0.2, 0.25) is 5.91 Å². The Morgan fingerprint density at radius 3 is 2.39 bits per heavy atom. The summed E-state index contributed by atoms with van der Waals surface area (Å²) < 4.78 is 18.4. The first kappa shape index (κ1) is 22.7. The van der Waals surface area contributed by atoms with E-state index in [4.69, 9.17) is 4.74 Å². The quantitative estimate of drug-likeness (QED) is 0.501. The highest BCUT2D eigenvalue weighted by molar-refractivity contribution is 6.06. The Bertz CT molecular complexity index is 976. The highest BCUT2D eigenvalue weighted by Gasteiger charge is 2.36. The minimum absolute atomic E-state index is 0.0621. The van der Waals surface area contributed by atoms with Crippen LogP contribution in [-0.2, 0) is 16.1 Å². The summed E-state index contributed by atoms with van der Waals surface area (Å²) in [5, 5.41) is 0. The molecule has 1 aliphatic carbocycles. The van der Waals surface area contributed by atoms with Crippen molar-refractivity contribution in [2.75, 3.05) is 6.61 Å². The van der Waals surface area contributed by atoms with E-state index < -0.39 is 12.0 Å². The number of nitrogens with one attached hydrogen (secondary N) is 1. The number of esters is 1. The lowest BCUT2D eigenvalue weighted by molar-refractivity contribution is -0.140. The summed E-state index contributed by atoms with van der Waals surface area (Å²) in [5.41, 5.74) is 2.50. The van der Waals surface area contributed by atoms with E-state index in [9.17, 15) is 18.8 Å². The molecule has 31 heavy (non-hydrogen) atoms. The third-order valence-electron chi connectivity index (χ3n) is 6.01. The second-order valence-corrected chi connectivity index (χ2v) is 8.11. The molecule has 1 aromatic heterocycles. The lowest BCUT2D eigenvalue weighted by Gasteiger charge is -2.35. The number of benzene rings is 1. The van der Waals surface area contributed by atoms with Crippen molar-refractivity contribution in [2.24, 2.45) is 5.92 Å². The molecule has 0 unspecified atom stereocenters. The molecule has 6 nitrogen and oxygen atoms in total. The van der Waals surface area contributed by atoms with E-state index in [1.54, 1.807) is 44.7 Å². The number of halogens is 1. The first-order chi connectivity index (χ1) is 14.7. The smallest absolute Gasteiger partial charge is 0.355 e. The largest absolute Gasteiger partial charge is 0.461 e. The number of aromatic nitrogens is 1. The average Bonchev–Trinajstić information content (AvgIpc) is 2.99. The van der Waals surface area contributed by atoms with E-state index in [2.05, 4.69) is 4.98 Å². The molecule has 7 heteroatoms. The number of carbonyl (C=O) groups excluding carboxylic acids is 3. The molecular formula is C24H29FN2O4. The molecule has 0 radical (unpaired) electrons. The number of Topliss-reactive ketones (excluding diaryl/α,β-unsaturated/α-hetero) is 1. The van der Waals surface area contributed by atoms with Crippen molar-refractivity contribution in [1.29, 1.82) is 0 Å². The summed E-state index contributed by atoms with van der Waals surface area (Å²) in [4.78, 5) is 43.4. The van der Waals surface area contributed by atoms with Crippen LogP contribution in [0.2, 0.25) is 0 Å². The van der Waals surface area contributed by atoms with E-state index in [0.717, 1.165) is 24.8 Å². The van der Waals surface area contributed by atoms with Gasteiger partial charge in [-0.25, -0.2) is 9.18 Å². The SMILES string of the molecule is CCOC(=O)c1[nH]c(C)c(C(=O)[C@H](C)N(Cc2ccc(F)cc2)C(=O)C2CCC2)c1C. The Labute approximate surface area is 181 Å². The Balaban J connectivity index is 1.90. The molecule has 1 N–H and O–H groups in total. The molecule has 1 aliphatic rings. The van der Waals surface area contributed by atoms with Crippen molar-refractivity contribution in [3.63, 3.8) is 0 Å². The van der Waals surface area contributed by atoms with Crippen LogP contribution in [0.25, 0.3) is 0 Å². The van der Waals surface area contributed by atoms with Gasteiger partial charge in [-0.15, -0.1) is 0 Å². The van der Waals surface area contributed by atoms with Gasteiger partial charge in [-0.05, 0) is 63.8 Å². The van der Waals surface area contributed by atoms with Crippen molar-refractivity contribution in [2.45, 2.75) is 59.5 Å². The number of carbonyl (C=O) groups is 3. The van der Waals surface area contributed by atoms with Crippen LogP contribution in [0.3, 0.4) is 0 Å². The summed E-state index contributed by atoms with van der Waals surface area (Å²) in [6.45, 7) is 7.31. The molecule has 1 amide bonds. The Morgan fingerprint density at radius 2 is 1.84 bits per heavy atom. The van der Waals surface area contributed by atoms with E-state index >= 15 is 0 Å². The third-order valence-corrected chi connectivity index (χ3v) is 6.01. The van der Waals surface area contributed by atoms with Crippen LogP contribution in [0.4, 0.5) is 4.39 Å². The van der Waals surface area contributed by atoms with Gasteiger partial charge < -0.3 is 14.6 Å². The van der Waals surface area contributed by atoms with Crippen molar-refractivity contribution in [3.05, 3.63) is 58.2 Å². The van der Waals surface area contributed by atoms with Crippen molar-refractivity contribution >= 4 is 17.7 Å². The number of aromatic amines is 1. The van der Waals surface area contributed by atoms with Crippen LogP contribution in [-0.4, -0.2) is 40.2 Å². The predicted octanol–water partition coefficient (Wildman–Crippen LogP) is 4.35. The number of amides is 1. The highest BCUT2D eigenvalue weighted by atomic mass is 19.1. The lowest BCUT2D eigenvalue weighted by Crippen LogP contribution is -2.47. The number of rotatable bonds is 8. The second-order valence-electron chi connectivity index (χ2n) is 8.11. The normalized spacial score (nSPS) is 14.6. The van der Waals surface area contributed by atoms with E-state index in [1.807, 2.05) is 0 Å². The van der Waals surface area contributed by atoms with Gasteiger partial charge in [0.25, 0.3) is 0 Å². The van der Waals surface area contributed by atoms with Crippen LogP contribution in [0.1, 0.15) is 70.8 Å². The molecule has 2 aromatic rings. The topological polar surface area (TPSA) is 79.5 Å². The molecule has 3 rings (SSSR count). The zero-order valence-corrected chi connectivity index (χ0v) is 18.5. The zero-order valence-electron chi connectivity index (χ0n) is 18.5. The molecule has 0 spiro atoms. The number of hydrogen-bond donors (Lipinski definition) is 1. The summed E-state index contributed by atoms with van der Waals surface area (Å²) in [6.07, 6.45) is 2.63. The van der Waals surface area contributed by atoms with Crippen LogP contribution in [0, 0.1) is 25.6 Å². The van der Waals surface area contributed by atoms with Gasteiger partial charge >= 0.3 is 5.97 Å². The number of ketones is 1. The van der Waals surface area contributed by atoms with Gasteiger partial charge in [0.1, 0.15) is 11.5 Å². The molecular weight excluding hydrogens is 399 g/mol. The fourth-order valence-corrected chi connectivity index (χ4v) is 3.96. The maximum absolute atomic E-state index is 13.5. The minimum Gasteiger partial charge on any atom is -0.461 e. The molecule has 166 valence electrons. The summed E-state index contributed by atoms with van der Waals surface area (Å²) in [5.74, 6) is -1.25.